The van der Waals surface area contributed by atoms with Crippen molar-refractivity contribution in [2.45, 2.75) is 32.2 Å². The third kappa shape index (κ3) is 3.55. The Kier molecular flexibility index (Phi) is 5.21. The predicted octanol–water partition coefficient (Wildman–Crippen LogP) is 3.10. The maximum Gasteiger partial charge on any atom is 0.273 e. The summed E-state index contributed by atoms with van der Waals surface area (Å²) in [7, 11) is 0. The Labute approximate surface area is 164 Å². The standard InChI is InChI=1S/C22H25N5O/c1-15-21(22(28)24-20-9-5-8-18(20)14-23)25-26-27(15)19-12-10-17(11-13-19)16-6-3-2-4-7-16/h2-4,6-7,10-13,18,20H,5,8-9,14,23H2,1H3,(H,24,28). The molecule has 0 saturated heterocycles. The highest BCUT2D eigenvalue weighted by Crippen LogP contribution is 2.25. The average molecular weight is 375 g/mol. The largest absolute Gasteiger partial charge is 0.348 e. The number of rotatable bonds is 5. The Hall–Kier alpha value is -2.99. The SMILES string of the molecule is Cc1c(C(=O)NC2CCCC2CN)nnn1-c1ccc(-c2ccccc2)cc1. The molecular weight excluding hydrogens is 350 g/mol. The van der Waals surface area contributed by atoms with Gasteiger partial charge in [0.25, 0.3) is 5.91 Å². The number of carbonyl (C=O) groups is 1. The quantitative estimate of drug-likeness (QED) is 0.717. The molecule has 1 saturated carbocycles. The van der Waals surface area contributed by atoms with Crippen LogP contribution >= 0.6 is 0 Å². The fraction of sp³-hybridized carbons (Fsp3) is 0.318. The molecule has 1 aliphatic rings. The summed E-state index contributed by atoms with van der Waals surface area (Å²) in [6.45, 7) is 2.47. The molecule has 0 bridgehead atoms. The van der Waals surface area contributed by atoms with Crippen molar-refractivity contribution in [3.05, 3.63) is 66.0 Å². The molecule has 1 heterocycles. The number of amides is 1. The fourth-order valence-electron chi connectivity index (χ4n) is 3.96. The van der Waals surface area contributed by atoms with Crippen LogP contribution in [0, 0.1) is 12.8 Å². The molecule has 0 aliphatic heterocycles. The second kappa shape index (κ2) is 7.94. The van der Waals surface area contributed by atoms with E-state index in [2.05, 4.69) is 39.9 Å². The second-order valence-electron chi connectivity index (χ2n) is 7.35. The van der Waals surface area contributed by atoms with Crippen LogP contribution in [0.25, 0.3) is 16.8 Å². The zero-order chi connectivity index (χ0) is 19.5. The van der Waals surface area contributed by atoms with Gasteiger partial charge in [0, 0.05) is 6.04 Å². The van der Waals surface area contributed by atoms with Crippen LogP contribution in [0.5, 0.6) is 0 Å². The molecule has 2 unspecified atom stereocenters. The van der Waals surface area contributed by atoms with Gasteiger partial charge in [0.05, 0.1) is 11.4 Å². The first-order valence-corrected chi connectivity index (χ1v) is 9.76. The third-order valence-electron chi connectivity index (χ3n) is 5.61. The van der Waals surface area contributed by atoms with E-state index >= 15 is 0 Å². The van der Waals surface area contributed by atoms with Gasteiger partial charge < -0.3 is 11.1 Å². The van der Waals surface area contributed by atoms with E-state index in [4.69, 9.17) is 5.73 Å². The van der Waals surface area contributed by atoms with Gasteiger partial charge in [0.15, 0.2) is 5.69 Å². The Morgan fingerprint density at radius 1 is 1.11 bits per heavy atom. The van der Waals surface area contributed by atoms with Gasteiger partial charge in [-0.25, -0.2) is 4.68 Å². The van der Waals surface area contributed by atoms with Crippen molar-refractivity contribution in [1.29, 1.82) is 0 Å². The molecule has 3 N–H and O–H groups in total. The summed E-state index contributed by atoms with van der Waals surface area (Å²) >= 11 is 0. The summed E-state index contributed by atoms with van der Waals surface area (Å²) in [4.78, 5) is 12.7. The molecule has 144 valence electrons. The molecule has 1 amide bonds. The molecule has 28 heavy (non-hydrogen) atoms. The maximum atomic E-state index is 12.7. The number of nitrogens with one attached hydrogen (secondary N) is 1. The van der Waals surface area contributed by atoms with Crippen molar-refractivity contribution >= 4 is 5.91 Å². The topological polar surface area (TPSA) is 85.8 Å². The predicted molar refractivity (Wildman–Crippen MR) is 109 cm³/mol. The zero-order valence-corrected chi connectivity index (χ0v) is 16.0. The van der Waals surface area contributed by atoms with Gasteiger partial charge in [0.1, 0.15) is 0 Å². The molecule has 6 heteroatoms. The minimum Gasteiger partial charge on any atom is -0.348 e. The summed E-state index contributed by atoms with van der Waals surface area (Å²) in [5, 5.41) is 11.4. The Morgan fingerprint density at radius 2 is 1.82 bits per heavy atom. The second-order valence-corrected chi connectivity index (χ2v) is 7.35. The van der Waals surface area contributed by atoms with Gasteiger partial charge in [-0.05, 0) is 55.5 Å². The van der Waals surface area contributed by atoms with Crippen LogP contribution in [0.4, 0.5) is 0 Å². The van der Waals surface area contributed by atoms with E-state index < -0.39 is 0 Å². The highest BCUT2D eigenvalue weighted by Gasteiger charge is 2.29. The molecular formula is C22H25N5O. The summed E-state index contributed by atoms with van der Waals surface area (Å²) in [6.07, 6.45) is 3.15. The number of hydrogen-bond donors (Lipinski definition) is 2. The van der Waals surface area contributed by atoms with Gasteiger partial charge in [-0.2, -0.15) is 0 Å². The molecule has 1 aromatic heterocycles. The van der Waals surface area contributed by atoms with Crippen molar-refractivity contribution in [1.82, 2.24) is 20.3 Å². The van der Waals surface area contributed by atoms with Crippen molar-refractivity contribution in [2.75, 3.05) is 6.54 Å². The number of nitrogens with zero attached hydrogens (tertiary/aromatic N) is 3. The van der Waals surface area contributed by atoms with Crippen molar-refractivity contribution in [3.63, 3.8) is 0 Å². The lowest BCUT2D eigenvalue weighted by Crippen LogP contribution is -2.40. The Morgan fingerprint density at radius 3 is 2.54 bits per heavy atom. The van der Waals surface area contributed by atoms with Gasteiger partial charge in [-0.1, -0.05) is 54.1 Å². The zero-order valence-electron chi connectivity index (χ0n) is 16.0. The van der Waals surface area contributed by atoms with Gasteiger partial charge in [0.2, 0.25) is 0 Å². The number of benzene rings is 2. The normalized spacial score (nSPS) is 18.9. The highest BCUT2D eigenvalue weighted by atomic mass is 16.2. The van der Waals surface area contributed by atoms with E-state index in [9.17, 15) is 4.79 Å². The van der Waals surface area contributed by atoms with Crippen molar-refractivity contribution in [2.24, 2.45) is 11.7 Å². The lowest BCUT2D eigenvalue weighted by Gasteiger charge is -2.18. The monoisotopic (exact) mass is 375 g/mol. The van der Waals surface area contributed by atoms with E-state index in [0.29, 0.717) is 18.2 Å². The first kappa shape index (κ1) is 18.4. The van der Waals surface area contributed by atoms with Crippen LogP contribution in [-0.2, 0) is 0 Å². The van der Waals surface area contributed by atoms with Gasteiger partial charge in [-0.3, -0.25) is 4.79 Å². The van der Waals surface area contributed by atoms with E-state index in [1.165, 1.54) is 0 Å². The van der Waals surface area contributed by atoms with E-state index in [0.717, 1.165) is 41.8 Å². The van der Waals surface area contributed by atoms with Crippen LogP contribution in [0.3, 0.4) is 0 Å². The van der Waals surface area contributed by atoms with Crippen LogP contribution in [0.1, 0.15) is 35.4 Å². The first-order chi connectivity index (χ1) is 13.7. The molecule has 0 radical (unpaired) electrons. The van der Waals surface area contributed by atoms with E-state index in [1.807, 2.05) is 37.3 Å². The molecule has 1 aliphatic carbocycles. The van der Waals surface area contributed by atoms with E-state index in [-0.39, 0.29) is 11.9 Å². The summed E-state index contributed by atoms with van der Waals surface area (Å²) in [5.41, 5.74) is 10.1. The molecule has 4 rings (SSSR count). The van der Waals surface area contributed by atoms with Crippen LogP contribution in [0.2, 0.25) is 0 Å². The van der Waals surface area contributed by atoms with Crippen LogP contribution < -0.4 is 11.1 Å². The van der Waals surface area contributed by atoms with Crippen molar-refractivity contribution in [3.8, 4) is 16.8 Å². The molecule has 0 spiro atoms. The van der Waals surface area contributed by atoms with Crippen LogP contribution in [0.15, 0.2) is 54.6 Å². The Balaban J connectivity index is 1.52. The number of hydrogen-bond acceptors (Lipinski definition) is 4. The fourth-order valence-corrected chi connectivity index (χ4v) is 3.96. The third-order valence-corrected chi connectivity index (χ3v) is 5.61. The molecule has 3 aromatic rings. The number of carbonyl (C=O) groups excluding carboxylic acids is 1. The average Bonchev–Trinajstić information content (AvgIpc) is 3.34. The van der Waals surface area contributed by atoms with E-state index in [1.54, 1.807) is 4.68 Å². The molecule has 2 aromatic carbocycles. The first-order valence-electron chi connectivity index (χ1n) is 9.76. The minimum atomic E-state index is -0.171. The lowest BCUT2D eigenvalue weighted by atomic mass is 10.0. The maximum absolute atomic E-state index is 12.7. The summed E-state index contributed by atoms with van der Waals surface area (Å²) in [6, 6.07) is 18.4. The lowest BCUT2D eigenvalue weighted by molar-refractivity contribution is 0.0923. The summed E-state index contributed by atoms with van der Waals surface area (Å²) < 4.78 is 1.71. The smallest absolute Gasteiger partial charge is 0.273 e. The van der Waals surface area contributed by atoms with Crippen molar-refractivity contribution < 1.29 is 4.79 Å². The molecule has 2 atom stereocenters. The molecule has 6 nitrogen and oxygen atoms in total. The van der Waals surface area contributed by atoms with Gasteiger partial charge in [-0.15, -0.1) is 5.10 Å². The van der Waals surface area contributed by atoms with Crippen LogP contribution in [-0.4, -0.2) is 33.5 Å². The summed E-state index contributed by atoms with van der Waals surface area (Å²) in [5.74, 6) is 0.180. The number of nitrogens with two attached hydrogens (primary N) is 1. The number of aromatic nitrogens is 3. The van der Waals surface area contributed by atoms with Gasteiger partial charge >= 0.3 is 0 Å². The highest BCUT2D eigenvalue weighted by molar-refractivity contribution is 5.93. The minimum absolute atomic E-state index is 0.132. The Bertz CT molecular complexity index is 949. The molecule has 1 fully saturated rings.